The highest BCUT2D eigenvalue weighted by Gasteiger charge is 2.39. The first-order valence-electron chi connectivity index (χ1n) is 8.71. The lowest BCUT2D eigenvalue weighted by Gasteiger charge is -2.15. The topological polar surface area (TPSA) is 62.3 Å². The number of nitrogens with zero attached hydrogens (tertiary/aromatic N) is 2. The van der Waals surface area contributed by atoms with Crippen LogP contribution in [0.3, 0.4) is 0 Å². The van der Waals surface area contributed by atoms with Crippen molar-refractivity contribution in [1.82, 2.24) is 9.88 Å². The largest absolute Gasteiger partial charge is 0.350 e. The number of rotatable bonds is 5. The molecular formula is C22H16FN3O2. The Kier molecular flexibility index (Phi) is 4.68. The van der Waals surface area contributed by atoms with Crippen LogP contribution in [0, 0.1) is 5.82 Å². The molecule has 3 aromatic rings. The molecule has 0 spiro atoms. The fraction of sp³-hybridized carbons (Fsp3) is 0.0455. The summed E-state index contributed by atoms with van der Waals surface area (Å²) in [5, 5.41) is 2.94. The summed E-state index contributed by atoms with van der Waals surface area (Å²) >= 11 is 0. The highest BCUT2D eigenvalue weighted by atomic mass is 19.1. The molecule has 2 heterocycles. The van der Waals surface area contributed by atoms with E-state index in [0.717, 1.165) is 5.56 Å². The van der Waals surface area contributed by atoms with E-state index in [0.29, 0.717) is 11.3 Å². The lowest BCUT2D eigenvalue weighted by atomic mass is 10.0. The number of carbonyl (C=O) groups excluding carboxylic acids is 2. The summed E-state index contributed by atoms with van der Waals surface area (Å²) in [5.41, 5.74) is 2.15. The molecule has 1 aliphatic rings. The van der Waals surface area contributed by atoms with Gasteiger partial charge in [0.25, 0.3) is 11.8 Å². The average molecular weight is 373 g/mol. The minimum absolute atomic E-state index is 0.107. The van der Waals surface area contributed by atoms with Crippen molar-refractivity contribution in [3.8, 4) is 0 Å². The zero-order valence-corrected chi connectivity index (χ0v) is 14.8. The molecule has 0 bridgehead atoms. The Balaban J connectivity index is 1.74. The molecule has 1 aliphatic heterocycles. The summed E-state index contributed by atoms with van der Waals surface area (Å²) < 4.78 is 13.6. The SMILES string of the molecule is O=C1C(Nc2cccc(F)c2)=C(c2ccccc2)C(=O)N1Cc1cccnc1. The first kappa shape index (κ1) is 17.6. The van der Waals surface area contributed by atoms with Crippen LogP contribution in [-0.4, -0.2) is 21.7 Å². The number of hydrogen-bond acceptors (Lipinski definition) is 4. The van der Waals surface area contributed by atoms with E-state index in [1.165, 1.54) is 23.1 Å². The van der Waals surface area contributed by atoms with Crippen LogP contribution >= 0.6 is 0 Å². The predicted octanol–water partition coefficient (Wildman–Crippen LogP) is 3.61. The van der Waals surface area contributed by atoms with E-state index < -0.39 is 17.6 Å². The van der Waals surface area contributed by atoms with Crippen molar-refractivity contribution in [2.75, 3.05) is 5.32 Å². The Bertz CT molecular complexity index is 1070. The molecule has 0 aliphatic carbocycles. The quantitative estimate of drug-likeness (QED) is 0.694. The third-order valence-electron chi connectivity index (χ3n) is 4.39. The maximum Gasteiger partial charge on any atom is 0.278 e. The molecular weight excluding hydrogens is 357 g/mol. The molecule has 0 saturated carbocycles. The summed E-state index contributed by atoms with van der Waals surface area (Å²) in [4.78, 5) is 31.4. The maximum absolute atomic E-state index is 13.6. The minimum Gasteiger partial charge on any atom is -0.350 e. The van der Waals surface area contributed by atoms with Gasteiger partial charge < -0.3 is 5.32 Å². The van der Waals surface area contributed by atoms with Gasteiger partial charge in [0.05, 0.1) is 12.1 Å². The van der Waals surface area contributed by atoms with Crippen LogP contribution < -0.4 is 5.32 Å². The highest BCUT2D eigenvalue weighted by molar-refractivity contribution is 6.36. The molecule has 4 rings (SSSR count). The smallest absolute Gasteiger partial charge is 0.278 e. The van der Waals surface area contributed by atoms with E-state index in [2.05, 4.69) is 10.3 Å². The van der Waals surface area contributed by atoms with Gasteiger partial charge in [0.2, 0.25) is 0 Å². The van der Waals surface area contributed by atoms with Gasteiger partial charge in [-0.05, 0) is 35.4 Å². The maximum atomic E-state index is 13.6. The van der Waals surface area contributed by atoms with E-state index in [4.69, 9.17) is 0 Å². The molecule has 2 amide bonds. The zero-order chi connectivity index (χ0) is 19.5. The lowest BCUT2D eigenvalue weighted by Crippen LogP contribution is -2.32. The van der Waals surface area contributed by atoms with Gasteiger partial charge in [0.15, 0.2) is 0 Å². The summed E-state index contributed by atoms with van der Waals surface area (Å²) in [6, 6.07) is 18.3. The molecule has 0 saturated heterocycles. The number of imide groups is 1. The number of nitrogens with one attached hydrogen (secondary N) is 1. The fourth-order valence-corrected chi connectivity index (χ4v) is 3.09. The summed E-state index contributed by atoms with van der Waals surface area (Å²) in [7, 11) is 0. The fourth-order valence-electron chi connectivity index (χ4n) is 3.09. The second-order valence-corrected chi connectivity index (χ2v) is 6.31. The monoisotopic (exact) mass is 373 g/mol. The number of amides is 2. The van der Waals surface area contributed by atoms with Gasteiger partial charge >= 0.3 is 0 Å². The van der Waals surface area contributed by atoms with Crippen LogP contribution in [0.2, 0.25) is 0 Å². The van der Waals surface area contributed by atoms with Crippen LogP contribution in [0.1, 0.15) is 11.1 Å². The molecule has 1 N–H and O–H groups in total. The van der Waals surface area contributed by atoms with Crippen molar-refractivity contribution in [2.45, 2.75) is 6.54 Å². The Hall–Kier alpha value is -3.80. The van der Waals surface area contributed by atoms with Crippen molar-refractivity contribution < 1.29 is 14.0 Å². The molecule has 0 atom stereocenters. The number of halogens is 1. The third kappa shape index (κ3) is 3.40. The van der Waals surface area contributed by atoms with Gasteiger partial charge in [0, 0.05) is 18.1 Å². The number of pyridine rings is 1. The van der Waals surface area contributed by atoms with Gasteiger partial charge in [0.1, 0.15) is 11.5 Å². The standard InChI is InChI=1S/C22H16FN3O2/c23-17-9-4-10-18(12-17)25-20-19(16-7-2-1-3-8-16)21(27)26(22(20)28)14-15-6-5-11-24-13-15/h1-13,25H,14H2. The molecule has 28 heavy (non-hydrogen) atoms. The van der Waals surface area contributed by atoms with Crippen molar-refractivity contribution in [1.29, 1.82) is 0 Å². The van der Waals surface area contributed by atoms with Gasteiger partial charge in [-0.3, -0.25) is 19.5 Å². The Morgan fingerprint density at radius 3 is 2.46 bits per heavy atom. The minimum atomic E-state index is -0.461. The number of carbonyl (C=O) groups is 2. The number of aromatic nitrogens is 1. The number of hydrogen-bond donors (Lipinski definition) is 1. The summed E-state index contributed by atoms with van der Waals surface area (Å²) in [6.45, 7) is 0.107. The van der Waals surface area contributed by atoms with E-state index >= 15 is 0 Å². The summed E-state index contributed by atoms with van der Waals surface area (Å²) in [5.74, 6) is -1.30. The van der Waals surface area contributed by atoms with Crippen molar-refractivity contribution in [3.63, 3.8) is 0 Å². The summed E-state index contributed by atoms with van der Waals surface area (Å²) in [6.07, 6.45) is 3.24. The Morgan fingerprint density at radius 1 is 0.929 bits per heavy atom. The van der Waals surface area contributed by atoms with Crippen LogP contribution in [0.5, 0.6) is 0 Å². The predicted molar refractivity (Wildman–Crippen MR) is 103 cm³/mol. The zero-order valence-electron chi connectivity index (χ0n) is 14.8. The van der Waals surface area contributed by atoms with Gasteiger partial charge in [-0.25, -0.2) is 4.39 Å². The molecule has 138 valence electrons. The van der Waals surface area contributed by atoms with E-state index in [1.54, 1.807) is 54.9 Å². The van der Waals surface area contributed by atoms with E-state index in [9.17, 15) is 14.0 Å². The van der Waals surface area contributed by atoms with Crippen LogP contribution in [0.15, 0.2) is 84.8 Å². The average Bonchev–Trinajstić information content (AvgIpc) is 2.94. The second-order valence-electron chi connectivity index (χ2n) is 6.31. The van der Waals surface area contributed by atoms with Crippen molar-refractivity contribution in [3.05, 3.63) is 102 Å². The molecule has 1 aromatic heterocycles. The number of anilines is 1. The van der Waals surface area contributed by atoms with Crippen molar-refractivity contribution in [2.24, 2.45) is 0 Å². The first-order valence-corrected chi connectivity index (χ1v) is 8.71. The molecule has 0 fully saturated rings. The van der Waals surface area contributed by atoms with Gasteiger partial charge in [-0.15, -0.1) is 0 Å². The first-order chi connectivity index (χ1) is 13.6. The second kappa shape index (κ2) is 7.44. The molecule has 5 nitrogen and oxygen atoms in total. The van der Waals surface area contributed by atoms with Crippen LogP contribution in [0.25, 0.3) is 5.57 Å². The molecule has 6 heteroatoms. The lowest BCUT2D eigenvalue weighted by molar-refractivity contribution is -0.137. The number of benzene rings is 2. The normalized spacial score (nSPS) is 14.0. The van der Waals surface area contributed by atoms with Crippen LogP contribution in [-0.2, 0) is 16.1 Å². The van der Waals surface area contributed by atoms with Gasteiger partial charge in [-0.2, -0.15) is 0 Å². The highest BCUT2D eigenvalue weighted by Crippen LogP contribution is 2.31. The Morgan fingerprint density at radius 2 is 1.75 bits per heavy atom. The van der Waals surface area contributed by atoms with E-state index in [-0.39, 0.29) is 17.8 Å². The third-order valence-corrected chi connectivity index (χ3v) is 4.39. The van der Waals surface area contributed by atoms with Gasteiger partial charge in [-0.1, -0.05) is 42.5 Å². The Labute approximate surface area is 161 Å². The molecule has 0 unspecified atom stereocenters. The van der Waals surface area contributed by atoms with Crippen LogP contribution in [0.4, 0.5) is 10.1 Å². The van der Waals surface area contributed by atoms with E-state index in [1.807, 2.05) is 6.07 Å². The molecule has 2 aromatic carbocycles. The van der Waals surface area contributed by atoms with Crippen molar-refractivity contribution >= 4 is 23.1 Å². The molecule has 0 radical (unpaired) electrons.